The third kappa shape index (κ3) is 2.44. The Morgan fingerprint density at radius 1 is 1.69 bits per heavy atom. The largest absolute Gasteiger partial charge is 0.445 e. The van der Waals surface area contributed by atoms with Crippen molar-refractivity contribution in [2.24, 2.45) is 0 Å². The van der Waals surface area contributed by atoms with Crippen LogP contribution in [-0.4, -0.2) is 4.98 Å². The molecule has 1 aromatic heterocycles. The van der Waals surface area contributed by atoms with Crippen LogP contribution in [0.3, 0.4) is 0 Å². The maximum atomic E-state index is 5.14. The molecule has 0 fully saturated rings. The van der Waals surface area contributed by atoms with Gasteiger partial charge in [-0.2, -0.15) is 0 Å². The van der Waals surface area contributed by atoms with E-state index in [-0.39, 0.29) is 0 Å². The Balaban J connectivity index is 2.92. The van der Waals surface area contributed by atoms with Crippen LogP contribution in [0.5, 0.6) is 0 Å². The maximum Gasteiger partial charge on any atom is 0.225 e. The van der Waals surface area contributed by atoms with E-state index >= 15 is 0 Å². The van der Waals surface area contributed by atoms with Crippen LogP contribution in [0.1, 0.15) is 19.2 Å². The van der Waals surface area contributed by atoms with Gasteiger partial charge >= 0.3 is 0 Å². The van der Waals surface area contributed by atoms with Gasteiger partial charge in [0.05, 0.1) is 6.20 Å². The number of nitrogens with zero attached hydrogens (tertiary/aromatic N) is 1. The first kappa shape index (κ1) is 9.52. The van der Waals surface area contributed by atoms with Gasteiger partial charge < -0.3 is 4.42 Å². The van der Waals surface area contributed by atoms with Crippen molar-refractivity contribution in [1.29, 1.82) is 0 Å². The molecule has 68 valence electrons. The topological polar surface area (TPSA) is 26.0 Å². The van der Waals surface area contributed by atoms with E-state index in [0.29, 0.717) is 5.89 Å². The van der Waals surface area contributed by atoms with E-state index in [1.54, 1.807) is 18.5 Å². The molecular weight excluding hydrogens is 162 g/mol. The molecule has 0 aliphatic heterocycles. The molecule has 0 aliphatic carbocycles. The van der Waals surface area contributed by atoms with Gasteiger partial charge in [-0.25, -0.2) is 4.98 Å². The zero-order chi connectivity index (χ0) is 9.68. The van der Waals surface area contributed by atoms with Crippen molar-refractivity contribution in [3.8, 4) is 0 Å². The minimum absolute atomic E-state index is 0.588. The monoisotopic (exact) mass is 175 g/mol. The third-order valence-corrected chi connectivity index (χ3v) is 1.71. The van der Waals surface area contributed by atoms with Crippen LogP contribution in [0.15, 0.2) is 47.8 Å². The van der Waals surface area contributed by atoms with Crippen LogP contribution in [-0.2, 0) is 0 Å². The van der Waals surface area contributed by atoms with Gasteiger partial charge in [-0.3, -0.25) is 0 Å². The second-order valence-corrected chi connectivity index (χ2v) is 2.65. The molecule has 0 amide bonds. The number of rotatable bonds is 4. The molecule has 1 rings (SSSR count). The first-order chi connectivity index (χ1) is 6.27. The summed E-state index contributed by atoms with van der Waals surface area (Å²) in [5, 5.41) is 0. The van der Waals surface area contributed by atoms with Gasteiger partial charge in [0, 0.05) is 5.57 Å². The fourth-order valence-electron chi connectivity index (χ4n) is 0.896. The van der Waals surface area contributed by atoms with Crippen LogP contribution in [0.25, 0.3) is 5.57 Å². The van der Waals surface area contributed by atoms with E-state index in [9.17, 15) is 0 Å². The van der Waals surface area contributed by atoms with E-state index < -0.39 is 0 Å². The summed E-state index contributed by atoms with van der Waals surface area (Å²) >= 11 is 0. The lowest BCUT2D eigenvalue weighted by atomic mass is 10.1. The molecule has 0 N–H and O–H groups in total. The number of allylic oxidation sites excluding steroid dienone is 4. The molecule has 0 radical (unpaired) electrons. The standard InChI is InChI=1S/C11H13NO/c1-4-9(3)8-10(5-2)11-12-6-7-13-11/h5-8H,2-4H2,1H3/b10-8+. The minimum Gasteiger partial charge on any atom is -0.445 e. The Hall–Kier alpha value is -1.57. The quantitative estimate of drug-likeness (QED) is 0.657. The van der Waals surface area contributed by atoms with Crippen LogP contribution >= 0.6 is 0 Å². The first-order valence-corrected chi connectivity index (χ1v) is 4.19. The fraction of sp³-hybridized carbons (Fsp3) is 0.182. The molecule has 0 atom stereocenters. The van der Waals surface area contributed by atoms with Gasteiger partial charge in [-0.1, -0.05) is 31.7 Å². The minimum atomic E-state index is 0.588. The van der Waals surface area contributed by atoms with Crippen molar-refractivity contribution in [1.82, 2.24) is 4.98 Å². The summed E-state index contributed by atoms with van der Waals surface area (Å²) in [5.74, 6) is 0.588. The molecule has 0 bridgehead atoms. The summed E-state index contributed by atoms with van der Waals surface area (Å²) in [5.41, 5.74) is 1.91. The van der Waals surface area contributed by atoms with Crippen molar-refractivity contribution in [3.05, 3.63) is 49.2 Å². The second-order valence-electron chi connectivity index (χ2n) is 2.65. The third-order valence-electron chi connectivity index (χ3n) is 1.71. The Labute approximate surface area is 78.3 Å². The highest BCUT2D eigenvalue weighted by molar-refractivity contribution is 5.70. The van der Waals surface area contributed by atoms with Gasteiger partial charge in [0.2, 0.25) is 5.89 Å². The number of aromatic nitrogens is 1. The highest BCUT2D eigenvalue weighted by atomic mass is 16.3. The Morgan fingerprint density at radius 3 is 2.92 bits per heavy atom. The van der Waals surface area contributed by atoms with Crippen LogP contribution in [0, 0.1) is 0 Å². The normalized spacial score (nSPS) is 11.3. The van der Waals surface area contributed by atoms with Crippen molar-refractivity contribution < 1.29 is 4.42 Å². The van der Waals surface area contributed by atoms with Crippen LogP contribution < -0.4 is 0 Å². The second kappa shape index (κ2) is 4.45. The van der Waals surface area contributed by atoms with Crippen molar-refractivity contribution in [3.63, 3.8) is 0 Å². The van der Waals surface area contributed by atoms with Crippen molar-refractivity contribution >= 4 is 5.57 Å². The molecular formula is C11H13NO. The van der Waals surface area contributed by atoms with E-state index in [1.807, 2.05) is 6.08 Å². The number of oxazole rings is 1. The molecule has 2 heteroatoms. The molecule has 13 heavy (non-hydrogen) atoms. The summed E-state index contributed by atoms with van der Waals surface area (Å²) in [6.45, 7) is 9.62. The lowest BCUT2D eigenvalue weighted by Gasteiger charge is -1.97. The Kier molecular flexibility index (Phi) is 3.26. The average molecular weight is 175 g/mol. The van der Waals surface area contributed by atoms with E-state index in [0.717, 1.165) is 17.6 Å². The number of hydrogen-bond acceptors (Lipinski definition) is 2. The summed E-state index contributed by atoms with van der Waals surface area (Å²) in [6.07, 6.45) is 7.71. The van der Waals surface area contributed by atoms with Gasteiger partial charge in [0.15, 0.2) is 0 Å². The molecule has 0 aromatic carbocycles. The van der Waals surface area contributed by atoms with Gasteiger partial charge in [-0.15, -0.1) is 0 Å². The summed E-state index contributed by atoms with van der Waals surface area (Å²) in [7, 11) is 0. The van der Waals surface area contributed by atoms with E-state index in [1.165, 1.54) is 0 Å². The summed E-state index contributed by atoms with van der Waals surface area (Å²) in [4.78, 5) is 4.03. The highest BCUT2D eigenvalue weighted by Crippen LogP contribution is 2.15. The lowest BCUT2D eigenvalue weighted by molar-refractivity contribution is 0.543. The van der Waals surface area contributed by atoms with Gasteiger partial charge in [0.1, 0.15) is 6.26 Å². The SMILES string of the molecule is C=C/C(=C\C(=C)CC)c1ncco1. The highest BCUT2D eigenvalue weighted by Gasteiger charge is 2.01. The molecule has 2 nitrogen and oxygen atoms in total. The Bertz CT molecular complexity index is 320. The predicted molar refractivity (Wildman–Crippen MR) is 54.1 cm³/mol. The van der Waals surface area contributed by atoms with E-state index in [4.69, 9.17) is 4.42 Å². The molecule has 0 spiro atoms. The summed E-state index contributed by atoms with van der Waals surface area (Å²) < 4.78 is 5.14. The molecule has 0 saturated heterocycles. The van der Waals surface area contributed by atoms with E-state index in [2.05, 4.69) is 25.1 Å². The van der Waals surface area contributed by atoms with Gasteiger partial charge in [0.25, 0.3) is 0 Å². The molecule has 1 heterocycles. The first-order valence-electron chi connectivity index (χ1n) is 4.19. The molecule has 0 aliphatic rings. The fourth-order valence-corrected chi connectivity index (χ4v) is 0.896. The number of hydrogen-bond donors (Lipinski definition) is 0. The van der Waals surface area contributed by atoms with Crippen molar-refractivity contribution in [2.75, 3.05) is 0 Å². The zero-order valence-electron chi connectivity index (χ0n) is 7.79. The predicted octanol–water partition coefficient (Wildman–Crippen LogP) is 3.21. The Morgan fingerprint density at radius 2 is 2.46 bits per heavy atom. The van der Waals surface area contributed by atoms with Crippen molar-refractivity contribution in [2.45, 2.75) is 13.3 Å². The molecule has 1 aromatic rings. The zero-order valence-corrected chi connectivity index (χ0v) is 7.79. The van der Waals surface area contributed by atoms with Gasteiger partial charge in [-0.05, 0) is 12.5 Å². The van der Waals surface area contributed by atoms with Crippen LogP contribution in [0.4, 0.5) is 0 Å². The molecule has 0 saturated carbocycles. The smallest absolute Gasteiger partial charge is 0.225 e. The average Bonchev–Trinajstić information content (AvgIpc) is 2.66. The molecule has 0 unspecified atom stereocenters. The van der Waals surface area contributed by atoms with Crippen LogP contribution in [0.2, 0.25) is 0 Å². The summed E-state index contributed by atoms with van der Waals surface area (Å²) in [6, 6.07) is 0. The maximum absolute atomic E-state index is 5.14. The lowest BCUT2D eigenvalue weighted by Crippen LogP contribution is -1.81.